The van der Waals surface area contributed by atoms with Crippen LogP contribution in [0, 0.1) is 12.7 Å². The number of anilines is 2. The number of ether oxygens (including phenoxy) is 2. The average Bonchev–Trinajstić information content (AvgIpc) is 3.56. The molecule has 16 heteroatoms. The average molecular weight is 670 g/mol. The van der Waals surface area contributed by atoms with Crippen LogP contribution in [0.15, 0.2) is 6.07 Å². The van der Waals surface area contributed by atoms with Gasteiger partial charge in [-0.3, -0.25) is 4.90 Å². The SMILES string of the molecule is Cc1cc(N)nc(-c2c(Cl)c3c4c(nc(OC[C@@]56CCCN5CC(F)(F)C6)nc4c2F)N2C[C@H]4CC[C@H](N4)[C@H]2CO3)c1C(F)(F)F. The third-order valence-corrected chi connectivity index (χ3v) is 10.5. The molecule has 4 fully saturated rings. The Hall–Kier alpha value is -3.30. The van der Waals surface area contributed by atoms with E-state index < -0.39 is 51.7 Å². The highest BCUT2D eigenvalue weighted by Crippen LogP contribution is 2.52. The van der Waals surface area contributed by atoms with Gasteiger partial charge in [-0.1, -0.05) is 11.6 Å². The number of alkyl halides is 5. The molecular formula is C30H30ClF6N7O2. The summed E-state index contributed by atoms with van der Waals surface area (Å²) < 4.78 is 101. The number of aromatic nitrogens is 3. The van der Waals surface area contributed by atoms with Crippen LogP contribution in [0.4, 0.5) is 38.0 Å². The number of nitrogen functional groups attached to an aromatic ring is 1. The molecule has 3 aromatic rings. The minimum absolute atomic E-state index is 0.00673. The lowest BCUT2D eigenvalue weighted by Gasteiger charge is -2.40. The van der Waals surface area contributed by atoms with Crippen LogP contribution in [0.25, 0.3) is 22.2 Å². The van der Waals surface area contributed by atoms with Crippen LogP contribution in [0.5, 0.6) is 11.8 Å². The van der Waals surface area contributed by atoms with E-state index in [-0.39, 0.29) is 77.7 Å². The molecule has 7 heterocycles. The first-order valence-electron chi connectivity index (χ1n) is 15.2. The van der Waals surface area contributed by atoms with Crippen molar-refractivity contribution in [1.29, 1.82) is 0 Å². The second-order valence-corrected chi connectivity index (χ2v) is 13.5. The van der Waals surface area contributed by atoms with Crippen molar-refractivity contribution < 1.29 is 35.8 Å². The Balaban J connectivity index is 1.33. The van der Waals surface area contributed by atoms with Crippen LogP contribution in [-0.4, -0.2) is 82.3 Å². The Morgan fingerprint density at radius 1 is 1.22 bits per heavy atom. The van der Waals surface area contributed by atoms with Crippen LogP contribution in [0.1, 0.15) is 43.2 Å². The molecule has 9 nitrogen and oxygen atoms in total. The maximum absolute atomic E-state index is 16.9. The van der Waals surface area contributed by atoms with Crippen molar-refractivity contribution in [2.45, 2.75) is 74.8 Å². The molecular weight excluding hydrogens is 640 g/mol. The molecule has 0 saturated carbocycles. The van der Waals surface area contributed by atoms with E-state index in [0.29, 0.717) is 19.5 Å². The van der Waals surface area contributed by atoms with E-state index in [1.165, 1.54) is 6.92 Å². The predicted molar refractivity (Wildman–Crippen MR) is 157 cm³/mol. The second kappa shape index (κ2) is 10.1. The summed E-state index contributed by atoms with van der Waals surface area (Å²) in [4.78, 5) is 16.6. The van der Waals surface area contributed by atoms with Crippen LogP contribution in [-0.2, 0) is 6.18 Å². The fourth-order valence-corrected chi connectivity index (χ4v) is 8.59. The summed E-state index contributed by atoms with van der Waals surface area (Å²) in [7, 11) is 0. The van der Waals surface area contributed by atoms with Gasteiger partial charge >= 0.3 is 12.2 Å². The number of piperazine rings is 1. The van der Waals surface area contributed by atoms with E-state index in [0.717, 1.165) is 25.3 Å². The van der Waals surface area contributed by atoms with Crippen LogP contribution >= 0.6 is 11.6 Å². The zero-order valence-electron chi connectivity index (χ0n) is 24.7. The molecule has 2 aromatic heterocycles. The zero-order chi connectivity index (χ0) is 32.3. The number of nitrogens with zero attached hydrogens (tertiary/aromatic N) is 5. The van der Waals surface area contributed by atoms with Crippen molar-refractivity contribution in [3.63, 3.8) is 0 Å². The lowest BCUT2D eigenvalue weighted by Crippen LogP contribution is -2.60. The van der Waals surface area contributed by atoms with E-state index in [2.05, 4.69) is 20.3 Å². The molecule has 0 aliphatic carbocycles. The molecule has 1 aromatic carbocycles. The number of hydrogen-bond donors (Lipinski definition) is 2. The molecule has 3 N–H and O–H groups in total. The van der Waals surface area contributed by atoms with E-state index in [1.807, 2.05) is 4.90 Å². The number of rotatable bonds is 4. The number of halogens is 7. The molecule has 246 valence electrons. The van der Waals surface area contributed by atoms with Gasteiger partial charge in [-0.2, -0.15) is 23.1 Å². The molecule has 4 atom stereocenters. The van der Waals surface area contributed by atoms with Gasteiger partial charge in [0, 0.05) is 25.0 Å². The normalized spacial score (nSPS) is 28.3. The minimum atomic E-state index is -4.92. The highest BCUT2D eigenvalue weighted by atomic mass is 35.5. The maximum atomic E-state index is 16.9. The van der Waals surface area contributed by atoms with Crippen molar-refractivity contribution in [2.75, 3.05) is 43.5 Å². The van der Waals surface area contributed by atoms with E-state index in [1.54, 1.807) is 4.90 Å². The Labute approximate surface area is 264 Å². The number of nitrogens with two attached hydrogens (primary N) is 1. The topological polar surface area (TPSA) is 102 Å². The third kappa shape index (κ3) is 4.55. The molecule has 0 radical (unpaired) electrons. The molecule has 8 rings (SSSR count). The molecule has 4 saturated heterocycles. The summed E-state index contributed by atoms with van der Waals surface area (Å²) in [5, 5.41) is 3.23. The number of pyridine rings is 1. The number of nitrogens with one attached hydrogen (secondary N) is 1. The van der Waals surface area contributed by atoms with Gasteiger partial charge in [-0.25, -0.2) is 18.2 Å². The number of fused-ring (bicyclic) bond motifs is 6. The molecule has 5 aliphatic rings. The van der Waals surface area contributed by atoms with E-state index in [4.69, 9.17) is 26.8 Å². The van der Waals surface area contributed by atoms with Crippen molar-refractivity contribution in [1.82, 2.24) is 25.2 Å². The standard InChI is InChI=1S/C30H30ClF6N7O2/c1-13-7-17(38)40-23(20(13)30(35,36)37)18-21(31)25-19-24(22(18)32)41-27(46-12-28-5-2-6-43(28)11-29(33,34)10-28)42-26(19)44-8-14-3-4-15(39-14)16(44)9-45-25/h7,14-16,39H,2-6,8-12H2,1H3,(H2,38,40)/t14-,15+,16-,28+/m1/s1. The summed E-state index contributed by atoms with van der Waals surface area (Å²) in [6.45, 7) is 1.74. The highest BCUT2D eigenvalue weighted by molar-refractivity contribution is 6.36. The minimum Gasteiger partial charge on any atom is -0.489 e. The lowest BCUT2D eigenvalue weighted by molar-refractivity contribution is -0.137. The molecule has 0 spiro atoms. The van der Waals surface area contributed by atoms with Gasteiger partial charge in [0.15, 0.2) is 11.6 Å². The summed E-state index contributed by atoms with van der Waals surface area (Å²) in [5.74, 6) is -4.15. The first-order chi connectivity index (χ1) is 21.7. The smallest absolute Gasteiger partial charge is 0.418 e. The van der Waals surface area contributed by atoms with Gasteiger partial charge in [0.05, 0.1) is 45.4 Å². The molecule has 0 amide bonds. The van der Waals surface area contributed by atoms with Crippen molar-refractivity contribution >= 4 is 34.1 Å². The lowest BCUT2D eigenvalue weighted by atomic mass is 9.94. The monoisotopic (exact) mass is 669 g/mol. The van der Waals surface area contributed by atoms with Crippen molar-refractivity contribution in [3.05, 3.63) is 28.0 Å². The Morgan fingerprint density at radius 2 is 2.02 bits per heavy atom. The van der Waals surface area contributed by atoms with Crippen LogP contribution in [0.3, 0.4) is 0 Å². The van der Waals surface area contributed by atoms with Gasteiger partial charge in [-0.15, -0.1) is 0 Å². The van der Waals surface area contributed by atoms with E-state index >= 15 is 4.39 Å². The first kappa shape index (κ1) is 30.1. The van der Waals surface area contributed by atoms with Gasteiger partial charge in [-0.05, 0) is 50.8 Å². The fourth-order valence-electron chi connectivity index (χ4n) is 8.26. The van der Waals surface area contributed by atoms with Crippen molar-refractivity contribution in [2.24, 2.45) is 0 Å². The van der Waals surface area contributed by atoms with Crippen molar-refractivity contribution in [3.8, 4) is 23.0 Å². The number of aryl methyl sites for hydroxylation is 1. The molecule has 2 bridgehead atoms. The van der Waals surface area contributed by atoms with Crippen LogP contribution in [0.2, 0.25) is 5.02 Å². The second-order valence-electron chi connectivity index (χ2n) is 13.1. The van der Waals surface area contributed by atoms with Crippen LogP contribution < -0.4 is 25.4 Å². The molecule has 0 unspecified atom stereocenters. The molecule has 5 aliphatic heterocycles. The highest BCUT2D eigenvalue weighted by Gasteiger charge is 2.57. The molecule has 46 heavy (non-hydrogen) atoms. The Bertz CT molecular complexity index is 1780. The summed E-state index contributed by atoms with van der Waals surface area (Å²) in [5.41, 5.74) is 1.61. The Kier molecular flexibility index (Phi) is 6.60. The largest absolute Gasteiger partial charge is 0.489 e. The summed E-state index contributed by atoms with van der Waals surface area (Å²) in [6.07, 6.45) is -2.35. The zero-order valence-corrected chi connectivity index (χ0v) is 25.4. The number of benzene rings is 1. The Morgan fingerprint density at radius 3 is 2.80 bits per heavy atom. The summed E-state index contributed by atoms with van der Waals surface area (Å²) >= 11 is 6.77. The van der Waals surface area contributed by atoms with Gasteiger partial charge in [0.1, 0.15) is 30.4 Å². The van der Waals surface area contributed by atoms with E-state index in [9.17, 15) is 22.0 Å². The first-order valence-corrected chi connectivity index (χ1v) is 15.6. The predicted octanol–water partition coefficient (Wildman–Crippen LogP) is 5.35. The maximum Gasteiger partial charge on any atom is 0.418 e. The third-order valence-electron chi connectivity index (χ3n) is 10.1. The van der Waals surface area contributed by atoms with Gasteiger partial charge in [0.25, 0.3) is 5.92 Å². The fraction of sp³-hybridized carbons (Fsp3) is 0.567. The van der Waals surface area contributed by atoms with Gasteiger partial charge < -0.3 is 25.4 Å². The number of hydrogen-bond acceptors (Lipinski definition) is 9. The summed E-state index contributed by atoms with van der Waals surface area (Å²) in [6, 6.07) is 0.631. The quantitative estimate of drug-likeness (QED) is 0.356. The van der Waals surface area contributed by atoms with Gasteiger partial charge in [0.2, 0.25) is 0 Å².